The molecule has 5 aromatic rings. The molecule has 47 heavy (non-hydrogen) atoms. The highest BCUT2D eigenvalue weighted by Crippen LogP contribution is 2.74. The van der Waals surface area contributed by atoms with Crippen LogP contribution in [0.4, 0.5) is 5.69 Å². The number of ether oxygens (including phenoxy) is 2. The number of hydrogen-bond acceptors (Lipinski definition) is 5. The average Bonchev–Trinajstić information content (AvgIpc) is 3.64. The van der Waals surface area contributed by atoms with E-state index >= 15 is 4.79 Å². The molecule has 6 heteroatoms. The number of Topliss-reactive ketones (excluding diaryl/α,β-unsaturated/α-hetero) is 1. The number of carbonyl (C=O) groups is 3. The van der Waals surface area contributed by atoms with Gasteiger partial charge in [0.2, 0.25) is 11.8 Å². The van der Waals surface area contributed by atoms with Crippen molar-refractivity contribution in [2.75, 3.05) is 19.1 Å². The number of methoxy groups -OCH3 is 2. The van der Waals surface area contributed by atoms with E-state index in [0.29, 0.717) is 28.3 Å². The number of amides is 2. The Hall–Kier alpha value is -5.75. The summed E-state index contributed by atoms with van der Waals surface area (Å²) in [6.45, 7) is 0. The van der Waals surface area contributed by atoms with E-state index in [0.717, 1.165) is 22.3 Å². The van der Waals surface area contributed by atoms with Crippen LogP contribution in [-0.4, -0.2) is 31.8 Å². The van der Waals surface area contributed by atoms with E-state index in [-0.39, 0.29) is 17.6 Å². The molecule has 5 aromatic carbocycles. The Morgan fingerprint density at radius 1 is 0.489 bits per heavy atom. The van der Waals surface area contributed by atoms with Crippen LogP contribution in [0.5, 0.6) is 11.5 Å². The highest BCUT2D eigenvalue weighted by molar-refractivity contribution is 6.39. The summed E-state index contributed by atoms with van der Waals surface area (Å²) in [4.78, 5) is 47.2. The van der Waals surface area contributed by atoms with Crippen molar-refractivity contribution in [3.63, 3.8) is 0 Å². The molecule has 0 unspecified atom stereocenters. The van der Waals surface area contributed by atoms with Crippen LogP contribution in [0.25, 0.3) is 11.1 Å². The molecule has 2 amide bonds. The Bertz CT molecular complexity index is 1930. The number of hydrogen-bond donors (Lipinski definition) is 0. The Balaban J connectivity index is 1.55. The number of carbonyl (C=O) groups excluding carboxylic acids is 3. The third kappa shape index (κ3) is 3.69. The molecule has 0 radical (unpaired) electrons. The van der Waals surface area contributed by atoms with Crippen molar-refractivity contribution < 1.29 is 23.9 Å². The largest absolute Gasteiger partial charge is 0.497 e. The monoisotopic (exact) mass is 617 g/mol. The first kappa shape index (κ1) is 28.7. The summed E-state index contributed by atoms with van der Waals surface area (Å²) in [7, 11) is 3.22. The van der Waals surface area contributed by atoms with Gasteiger partial charge in [-0.05, 0) is 69.8 Å². The molecule has 1 saturated carbocycles. The lowest BCUT2D eigenvalue weighted by Gasteiger charge is -2.39. The van der Waals surface area contributed by atoms with Crippen molar-refractivity contribution in [2.24, 2.45) is 11.8 Å². The minimum absolute atomic E-state index is 0.163. The fourth-order valence-corrected chi connectivity index (χ4v) is 8.47. The lowest BCUT2D eigenvalue weighted by molar-refractivity contribution is -0.130. The van der Waals surface area contributed by atoms with Gasteiger partial charge >= 0.3 is 0 Å². The summed E-state index contributed by atoms with van der Waals surface area (Å²) in [6, 6.07) is 43.3. The molecule has 2 aliphatic carbocycles. The third-order valence-electron chi connectivity index (χ3n) is 10.2. The van der Waals surface area contributed by atoms with Crippen LogP contribution in [0, 0.1) is 11.8 Å². The van der Waals surface area contributed by atoms with Crippen molar-refractivity contribution >= 4 is 34.4 Å². The van der Waals surface area contributed by atoms with Crippen molar-refractivity contribution in [3.05, 3.63) is 162 Å². The number of para-hydroxylation sites is 1. The standard InChI is InChI=1S/C41H31NO5/c1-46-31-22-18-26(19-23-31)33-34(27-20-24-32(47-2)25-21-27)41(29-14-8-4-9-15-29)36-35(40(33,39(41)45)28-12-6-3-7-13-28)37(43)42(38(36)44)30-16-10-5-11-17-30/h3-25,35-36H,1-2H3/t35-,36-,40-,41-/m1/s1. The van der Waals surface area contributed by atoms with Crippen LogP contribution in [0.3, 0.4) is 0 Å². The summed E-state index contributed by atoms with van der Waals surface area (Å²) in [5.74, 6) is -1.54. The minimum Gasteiger partial charge on any atom is -0.497 e. The van der Waals surface area contributed by atoms with Gasteiger partial charge in [-0.2, -0.15) is 0 Å². The van der Waals surface area contributed by atoms with Crippen LogP contribution in [0.1, 0.15) is 22.3 Å². The fraction of sp³-hybridized carbons (Fsp3) is 0.146. The van der Waals surface area contributed by atoms with Crippen LogP contribution < -0.4 is 14.4 Å². The van der Waals surface area contributed by atoms with Crippen molar-refractivity contribution in [1.82, 2.24) is 0 Å². The quantitative estimate of drug-likeness (QED) is 0.186. The van der Waals surface area contributed by atoms with Gasteiger partial charge in [-0.1, -0.05) is 103 Å². The predicted octanol–water partition coefficient (Wildman–Crippen LogP) is 6.89. The Kier molecular flexibility index (Phi) is 6.51. The van der Waals surface area contributed by atoms with Crippen molar-refractivity contribution in [3.8, 4) is 11.5 Å². The van der Waals surface area contributed by atoms with Gasteiger partial charge in [0.1, 0.15) is 11.5 Å². The van der Waals surface area contributed by atoms with Gasteiger partial charge < -0.3 is 9.47 Å². The minimum atomic E-state index is -1.47. The zero-order chi connectivity index (χ0) is 32.3. The molecule has 1 heterocycles. The zero-order valence-corrected chi connectivity index (χ0v) is 25.9. The fourth-order valence-electron chi connectivity index (χ4n) is 8.47. The number of rotatable bonds is 7. The molecule has 230 valence electrons. The second-order valence-electron chi connectivity index (χ2n) is 12.2. The van der Waals surface area contributed by atoms with E-state index in [2.05, 4.69) is 0 Å². The molecule has 0 spiro atoms. The predicted molar refractivity (Wildman–Crippen MR) is 180 cm³/mol. The highest BCUT2D eigenvalue weighted by atomic mass is 16.5. The first-order valence-electron chi connectivity index (χ1n) is 15.6. The Morgan fingerprint density at radius 2 is 0.851 bits per heavy atom. The molecule has 1 aliphatic heterocycles. The van der Waals surface area contributed by atoms with Gasteiger partial charge in [-0.3, -0.25) is 14.4 Å². The Labute approximate surface area is 272 Å². The molecule has 0 aromatic heterocycles. The molecule has 8 rings (SSSR count). The maximum absolute atomic E-state index is 16.0. The Morgan fingerprint density at radius 3 is 1.21 bits per heavy atom. The van der Waals surface area contributed by atoms with Gasteiger partial charge in [0.25, 0.3) is 0 Å². The molecular weight excluding hydrogens is 586 g/mol. The maximum Gasteiger partial charge on any atom is 0.239 e. The molecule has 6 nitrogen and oxygen atoms in total. The number of ketones is 1. The average molecular weight is 618 g/mol. The number of fused-ring (bicyclic) bond motifs is 5. The molecule has 1 saturated heterocycles. The van der Waals surface area contributed by atoms with Crippen molar-refractivity contribution in [2.45, 2.75) is 10.8 Å². The number of imide groups is 1. The van der Waals surface area contributed by atoms with Crippen LogP contribution in [0.2, 0.25) is 0 Å². The SMILES string of the molecule is COc1ccc(C2=C(c3ccc(OC)cc3)[C@@]3(c4ccccc4)C(=O)[C@@]2(c2ccccc2)[C@H]2C(=O)N(c4ccccc4)C(=O)[C@@H]23)cc1. The smallest absolute Gasteiger partial charge is 0.239 e. The molecular formula is C41H31NO5. The molecule has 4 atom stereocenters. The summed E-state index contributed by atoms with van der Waals surface area (Å²) in [6.07, 6.45) is 0. The van der Waals surface area contributed by atoms with Gasteiger partial charge in [-0.25, -0.2) is 4.90 Å². The normalized spacial score (nSPS) is 24.6. The van der Waals surface area contributed by atoms with E-state index < -0.39 is 22.7 Å². The number of anilines is 1. The first-order chi connectivity index (χ1) is 23.0. The third-order valence-corrected chi connectivity index (χ3v) is 10.2. The topological polar surface area (TPSA) is 72.9 Å². The van der Waals surface area contributed by atoms with Gasteiger partial charge in [0.15, 0.2) is 5.78 Å². The second kappa shape index (κ2) is 10.7. The summed E-state index contributed by atoms with van der Waals surface area (Å²) in [5.41, 5.74) is 1.93. The van der Waals surface area contributed by atoms with Crippen LogP contribution in [0.15, 0.2) is 140 Å². The lowest BCUT2D eigenvalue weighted by Crippen LogP contribution is -2.45. The number of benzene rings is 5. The highest BCUT2D eigenvalue weighted by Gasteiger charge is 2.82. The van der Waals surface area contributed by atoms with E-state index in [9.17, 15) is 9.59 Å². The van der Waals surface area contributed by atoms with Gasteiger partial charge in [0.05, 0.1) is 42.6 Å². The number of nitrogens with zero attached hydrogens (tertiary/aromatic N) is 1. The van der Waals surface area contributed by atoms with E-state index in [1.54, 1.807) is 26.4 Å². The van der Waals surface area contributed by atoms with E-state index in [1.807, 2.05) is 127 Å². The zero-order valence-electron chi connectivity index (χ0n) is 25.9. The van der Waals surface area contributed by atoms with Crippen LogP contribution >= 0.6 is 0 Å². The lowest BCUT2D eigenvalue weighted by atomic mass is 9.59. The van der Waals surface area contributed by atoms with E-state index in [1.165, 1.54) is 4.90 Å². The summed E-state index contributed by atoms with van der Waals surface area (Å²) < 4.78 is 11.0. The summed E-state index contributed by atoms with van der Waals surface area (Å²) >= 11 is 0. The van der Waals surface area contributed by atoms with Crippen LogP contribution in [-0.2, 0) is 25.2 Å². The van der Waals surface area contributed by atoms with Gasteiger partial charge in [-0.15, -0.1) is 0 Å². The van der Waals surface area contributed by atoms with Crippen molar-refractivity contribution in [1.29, 1.82) is 0 Å². The molecule has 2 fully saturated rings. The number of allylic oxidation sites excluding steroid dienone is 2. The molecule has 3 aliphatic rings. The molecule has 2 bridgehead atoms. The molecule has 0 N–H and O–H groups in total. The first-order valence-corrected chi connectivity index (χ1v) is 15.6. The second-order valence-corrected chi connectivity index (χ2v) is 12.2. The van der Waals surface area contributed by atoms with Gasteiger partial charge in [0, 0.05) is 0 Å². The van der Waals surface area contributed by atoms with E-state index in [4.69, 9.17) is 9.47 Å². The summed E-state index contributed by atoms with van der Waals surface area (Å²) in [5, 5.41) is 0. The maximum atomic E-state index is 16.0.